The molecule has 7 aromatic rings. The van der Waals surface area contributed by atoms with Crippen molar-refractivity contribution in [2.75, 3.05) is 4.90 Å². The van der Waals surface area contributed by atoms with E-state index in [0.29, 0.717) is 0 Å². The fraction of sp³-hybridized carbons (Fsp3) is 0.122. The molecule has 0 saturated carbocycles. The first-order valence-electron chi connectivity index (χ1n) is 15.7. The molecule has 1 aromatic heterocycles. The molecule has 0 aliphatic carbocycles. The van der Waals surface area contributed by atoms with E-state index in [1.54, 1.807) is 0 Å². The van der Waals surface area contributed by atoms with Crippen LogP contribution in [0.2, 0.25) is 0 Å². The number of anilines is 2. The van der Waals surface area contributed by atoms with E-state index in [1.165, 1.54) is 77.5 Å². The summed E-state index contributed by atoms with van der Waals surface area (Å²) < 4.78 is 2.54. The third-order valence-electron chi connectivity index (χ3n) is 11.3. The molecule has 3 aliphatic heterocycles. The van der Waals surface area contributed by atoms with Gasteiger partial charge in [0.25, 0.3) is 6.71 Å². The van der Waals surface area contributed by atoms with Crippen molar-refractivity contribution in [2.45, 2.75) is 31.7 Å². The normalized spacial score (nSPS) is 20.7. The Morgan fingerprint density at radius 3 is 2.05 bits per heavy atom. The van der Waals surface area contributed by atoms with E-state index >= 15 is 0 Å². The van der Waals surface area contributed by atoms with Crippen molar-refractivity contribution in [3.63, 3.8) is 0 Å². The second kappa shape index (κ2) is 8.12. The van der Waals surface area contributed by atoms with E-state index in [2.05, 4.69) is 164 Å². The van der Waals surface area contributed by atoms with Crippen molar-refractivity contribution in [1.82, 2.24) is 4.57 Å². The summed E-state index contributed by atoms with van der Waals surface area (Å²) in [6.07, 6.45) is 0. The van der Waals surface area contributed by atoms with Crippen LogP contribution in [0.15, 0.2) is 133 Å². The van der Waals surface area contributed by atoms with Crippen LogP contribution in [0.5, 0.6) is 0 Å². The van der Waals surface area contributed by atoms with Gasteiger partial charge in [0.1, 0.15) is 0 Å². The summed E-state index contributed by atoms with van der Waals surface area (Å²) in [4.78, 5) is 2.73. The van der Waals surface area contributed by atoms with Gasteiger partial charge in [-0.3, -0.25) is 0 Å². The standard InChI is InChI=1S/C41H31BN2/c1-26-24-31-39-33(25-26)42-32-20-12-19-30-29-18-10-11-21-34(29)43(38(30)32)35-22-13-23-36(37(35)42)44(39)41(3,28-16-8-5-9-17-28)40(31,2)27-14-6-4-7-15-27/h4-25H,1-3H3. The maximum Gasteiger partial charge on any atom is 0.252 e. The first-order valence-corrected chi connectivity index (χ1v) is 15.7. The molecular weight excluding hydrogens is 531 g/mol. The number of aryl methyl sites for hydroxylation is 1. The van der Waals surface area contributed by atoms with Gasteiger partial charge in [0.15, 0.2) is 0 Å². The smallest absolute Gasteiger partial charge is 0.252 e. The minimum atomic E-state index is -0.383. The van der Waals surface area contributed by atoms with Crippen LogP contribution in [0.4, 0.5) is 11.4 Å². The first-order chi connectivity index (χ1) is 21.5. The quantitative estimate of drug-likeness (QED) is 0.197. The molecule has 0 spiro atoms. The molecule has 0 amide bonds. The van der Waals surface area contributed by atoms with Gasteiger partial charge in [-0.1, -0.05) is 121 Å². The van der Waals surface area contributed by atoms with Gasteiger partial charge < -0.3 is 9.47 Å². The highest BCUT2D eigenvalue weighted by Crippen LogP contribution is 2.62. The third-order valence-corrected chi connectivity index (χ3v) is 11.3. The summed E-state index contributed by atoms with van der Waals surface area (Å²) >= 11 is 0. The molecule has 0 bridgehead atoms. The highest BCUT2D eigenvalue weighted by molar-refractivity contribution is 7.00. The average molecular weight is 563 g/mol. The molecule has 2 unspecified atom stereocenters. The van der Waals surface area contributed by atoms with Gasteiger partial charge >= 0.3 is 0 Å². The van der Waals surface area contributed by atoms with Gasteiger partial charge in [-0.05, 0) is 72.0 Å². The Balaban J connectivity index is 1.41. The molecule has 3 aliphatic rings. The van der Waals surface area contributed by atoms with Crippen LogP contribution in [-0.2, 0) is 11.0 Å². The average Bonchev–Trinajstić information content (AvgIpc) is 3.51. The van der Waals surface area contributed by atoms with Gasteiger partial charge in [0, 0.05) is 38.8 Å². The number of nitrogens with zero attached hydrogens (tertiary/aromatic N) is 2. The molecular formula is C41H31BN2. The molecule has 3 heteroatoms. The number of aromatic nitrogens is 1. The van der Waals surface area contributed by atoms with Crippen LogP contribution in [0.1, 0.15) is 36.1 Å². The Morgan fingerprint density at radius 1 is 0.591 bits per heavy atom. The number of rotatable bonds is 2. The van der Waals surface area contributed by atoms with Crippen LogP contribution in [0.3, 0.4) is 0 Å². The SMILES string of the molecule is Cc1cc2c3c(c1)C(C)(c1ccccc1)C(C)(c1ccccc1)N3c1cccc3c1B2c1cccc2c4ccccc4n-3c12. The molecule has 2 nitrogen and oxygen atoms in total. The monoisotopic (exact) mass is 562 g/mol. The van der Waals surface area contributed by atoms with Gasteiger partial charge in [-0.25, -0.2) is 0 Å². The van der Waals surface area contributed by atoms with Gasteiger partial charge in [-0.15, -0.1) is 0 Å². The third kappa shape index (κ3) is 2.63. The summed E-state index contributed by atoms with van der Waals surface area (Å²) in [6, 6.07) is 50.3. The largest absolute Gasteiger partial charge is 0.331 e. The second-order valence-corrected chi connectivity index (χ2v) is 13.3. The second-order valence-electron chi connectivity index (χ2n) is 13.3. The first kappa shape index (κ1) is 24.4. The lowest BCUT2D eigenvalue weighted by Gasteiger charge is -2.50. The van der Waals surface area contributed by atoms with E-state index in [4.69, 9.17) is 0 Å². The summed E-state index contributed by atoms with van der Waals surface area (Å²) in [6.45, 7) is 7.41. The van der Waals surface area contributed by atoms with Gasteiger partial charge in [0.05, 0.1) is 11.1 Å². The zero-order valence-corrected chi connectivity index (χ0v) is 25.2. The lowest BCUT2D eigenvalue weighted by Crippen LogP contribution is -2.63. The van der Waals surface area contributed by atoms with Crippen LogP contribution < -0.4 is 21.3 Å². The van der Waals surface area contributed by atoms with E-state index in [-0.39, 0.29) is 17.7 Å². The Labute approximate surface area is 258 Å². The minimum absolute atomic E-state index is 0.157. The maximum absolute atomic E-state index is 2.73. The van der Waals surface area contributed by atoms with E-state index in [9.17, 15) is 0 Å². The summed E-state index contributed by atoms with van der Waals surface area (Å²) in [5, 5.41) is 2.66. The predicted octanol–water partition coefficient (Wildman–Crippen LogP) is 7.61. The lowest BCUT2D eigenvalue weighted by molar-refractivity contribution is 0.336. The van der Waals surface area contributed by atoms with Crippen LogP contribution in [0.25, 0.3) is 27.5 Å². The molecule has 44 heavy (non-hydrogen) atoms. The molecule has 6 aromatic carbocycles. The van der Waals surface area contributed by atoms with Crippen molar-refractivity contribution in [3.8, 4) is 5.69 Å². The van der Waals surface area contributed by atoms with Crippen LogP contribution >= 0.6 is 0 Å². The fourth-order valence-corrected chi connectivity index (χ4v) is 9.35. The molecule has 4 heterocycles. The summed E-state index contributed by atoms with van der Waals surface area (Å²) in [5.74, 6) is 0. The Bertz CT molecular complexity index is 2340. The van der Waals surface area contributed by atoms with Crippen molar-refractivity contribution in [2.24, 2.45) is 0 Å². The van der Waals surface area contributed by atoms with Gasteiger partial charge in [-0.2, -0.15) is 0 Å². The van der Waals surface area contributed by atoms with E-state index < -0.39 is 0 Å². The fourth-order valence-electron chi connectivity index (χ4n) is 9.35. The molecule has 0 fully saturated rings. The molecule has 0 radical (unpaired) electrons. The number of fused-ring (bicyclic) bond motifs is 7. The predicted molar refractivity (Wildman–Crippen MR) is 185 cm³/mol. The molecule has 0 saturated heterocycles. The molecule has 2 atom stereocenters. The van der Waals surface area contributed by atoms with E-state index in [1.807, 2.05) is 0 Å². The van der Waals surface area contributed by atoms with E-state index in [0.717, 1.165) is 0 Å². The van der Waals surface area contributed by atoms with Crippen molar-refractivity contribution >= 4 is 56.3 Å². The van der Waals surface area contributed by atoms with Crippen molar-refractivity contribution in [3.05, 3.63) is 156 Å². The highest BCUT2D eigenvalue weighted by atomic mass is 15.3. The zero-order valence-electron chi connectivity index (χ0n) is 25.2. The van der Waals surface area contributed by atoms with Crippen molar-refractivity contribution < 1.29 is 0 Å². The Morgan fingerprint density at radius 2 is 1.25 bits per heavy atom. The summed E-state index contributed by atoms with van der Waals surface area (Å²) in [7, 11) is 0. The maximum atomic E-state index is 2.73. The molecule has 10 rings (SSSR count). The zero-order chi connectivity index (χ0) is 29.4. The van der Waals surface area contributed by atoms with Crippen LogP contribution in [-0.4, -0.2) is 11.3 Å². The van der Waals surface area contributed by atoms with Crippen LogP contribution in [0, 0.1) is 6.92 Å². The minimum Gasteiger partial charge on any atom is -0.331 e. The Hall–Kier alpha value is -5.02. The topological polar surface area (TPSA) is 8.17 Å². The van der Waals surface area contributed by atoms with Crippen molar-refractivity contribution in [1.29, 1.82) is 0 Å². The number of benzene rings is 6. The van der Waals surface area contributed by atoms with Gasteiger partial charge in [0.2, 0.25) is 0 Å². The number of para-hydroxylation sites is 2. The molecule has 0 N–H and O–H groups in total. The lowest BCUT2D eigenvalue weighted by atomic mass is 9.33. The molecule has 208 valence electrons. The number of hydrogen-bond donors (Lipinski definition) is 0. The Kier molecular flexibility index (Phi) is 4.51. The summed E-state index contributed by atoms with van der Waals surface area (Å²) in [5.41, 5.74) is 15.6. The number of hydrogen-bond acceptors (Lipinski definition) is 1. The highest BCUT2D eigenvalue weighted by Gasteiger charge is 2.62.